The fourth-order valence-electron chi connectivity index (χ4n) is 2.91. The van der Waals surface area contributed by atoms with Gasteiger partial charge >= 0.3 is 11.4 Å². The van der Waals surface area contributed by atoms with E-state index in [2.05, 4.69) is 9.97 Å². The molecule has 0 aliphatic rings. The first-order chi connectivity index (χ1) is 13.4. The average Bonchev–Trinajstić information content (AvgIpc) is 2.69. The van der Waals surface area contributed by atoms with Gasteiger partial charge < -0.3 is 9.47 Å². The Kier molecular flexibility index (Phi) is 5.00. The summed E-state index contributed by atoms with van der Waals surface area (Å²) in [5, 5.41) is 8.86. The molecule has 28 heavy (non-hydrogen) atoms. The quantitative estimate of drug-likeness (QED) is 0.642. The molecule has 0 radical (unpaired) electrons. The van der Waals surface area contributed by atoms with E-state index in [1.165, 1.54) is 18.7 Å². The minimum Gasteiger partial charge on any atom is -0.490 e. The zero-order valence-electron chi connectivity index (χ0n) is 15.5. The topological polar surface area (TPSA) is 133 Å². The predicted molar refractivity (Wildman–Crippen MR) is 99.3 cm³/mol. The number of nitrogens with one attached hydrogen (secondary N) is 2. The molecule has 0 bridgehead atoms. The molecule has 0 unspecified atom stereocenters. The van der Waals surface area contributed by atoms with Crippen LogP contribution in [0.15, 0.2) is 32.6 Å². The van der Waals surface area contributed by atoms with Crippen LogP contribution in [0.3, 0.4) is 0 Å². The number of ether oxygens (including phenoxy) is 2. The molecule has 2 N–H and O–H groups in total. The lowest BCUT2D eigenvalue weighted by molar-refractivity contribution is -0.374. The SMILES string of the molecule is CCOc1cc(-c2[nH]c(=O)[nH+]c3c2c(=O)n(C)c(=O)n3C)ccc1OCC#N. The second-order valence-corrected chi connectivity index (χ2v) is 5.92. The van der Waals surface area contributed by atoms with E-state index in [-0.39, 0.29) is 23.3 Å². The van der Waals surface area contributed by atoms with Gasteiger partial charge in [0.15, 0.2) is 23.5 Å². The van der Waals surface area contributed by atoms with E-state index in [4.69, 9.17) is 14.7 Å². The molecule has 144 valence electrons. The molecule has 0 amide bonds. The zero-order chi connectivity index (χ0) is 20.4. The maximum atomic E-state index is 12.7. The number of hydrogen-bond acceptors (Lipinski definition) is 6. The highest BCUT2D eigenvalue weighted by Gasteiger charge is 2.22. The van der Waals surface area contributed by atoms with Crippen molar-refractivity contribution in [3.63, 3.8) is 0 Å². The molecular formula is C18H18N5O5+. The Hall–Kier alpha value is -3.87. The van der Waals surface area contributed by atoms with Crippen LogP contribution in [0.2, 0.25) is 0 Å². The number of nitriles is 1. The van der Waals surface area contributed by atoms with Crippen LogP contribution in [-0.4, -0.2) is 27.3 Å². The number of benzene rings is 1. The average molecular weight is 384 g/mol. The largest absolute Gasteiger partial charge is 0.490 e. The lowest BCUT2D eigenvalue weighted by Crippen LogP contribution is -2.43. The molecule has 0 aliphatic carbocycles. The van der Waals surface area contributed by atoms with Crippen LogP contribution in [0, 0.1) is 11.3 Å². The van der Waals surface area contributed by atoms with E-state index in [0.29, 0.717) is 23.7 Å². The molecule has 2 heterocycles. The second kappa shape index (κ2) is 7.40. The van der Waals surface area contributed by atoms with Crippen molar-refractivity contribution in [2.75, 3.05) is 13.2 Å². The smallest absolute Gasteiger partial charge is 0.439 e. The molecule has 0 saturated heterocycles. The molecule has 2 aromatic heterocycles. The van der Waals surface area contributed by atoms with Crippen molar-refractivity contribution in [3.05, 3.63) is 49.5 Å². The second-order valence-electron chi connectivity index (χ2n) is 5.92. The van der Waals surface area contributed by atoms with Gasteiger partial charge in [-0.1, -0.05) is 0 Å². The van der Waals surface area contributed by atoms with E-state index in [1.807, 2.05) is 6.07 Å². The van der Waals surface area contributed by atoms with Crippen LogP contribution in [-0.2, 0) is 14.1 Å². The lowest BCUT2D eigenvalue weighted by atomic mass is 10.1. The lowest BCUT2D eigenvalue weighted by Gasteiger charge is -2.12. The molecule has 3 rings (SSSR count). The fourth-order valence-corrected chi connectivity index (χ4v) is 2.91. The van der Waals surface area contributed by atoms with Crippen molar-refractivity contribution < 1.29 is 14.5 Å². The van der Waals surface area contributed by atoms with Crippen molar-refractivity contribution in [2.45, 2.75) is 6.92 Å². The van der Waals surface area contributed by atoms with E-state index in [9.17, 15) is 14.4 Å². The third kappa shape index (κ3) is 3.14. The molecule has 3 aromatic rings. The van der Waals surface area contributed by atoms with Crippen molar-refractivity contribution in [1.29, 1.82) is 5.26 Å². The standard InChI is InChI=1S/C18H17N5O5/c1-4-27-12-9-10(5-6-11(12)28-8-7-19)14-13-15(21-17(25)20-14)22(2)18(26)23(3)16(13)24/h5-6,9H,4,8H2,1-3H3,(H,20,21,25)/p+1. The maximum Gasteiger partial charge on any atom is 0.439 e. The van der Waals surface area contributed by atoms with Crippen LogP contribution in [0.5, 0.6) is 11.5 Å². The third-order valence-electron chi connectivity index (χ3n) is 4.21. The van der Waals surface area contributed by atoms with Gasteiger partial charge in [0.05, 0.1) is 13.7 Å². The Morgan fingerprint density at radius 2 is 1.89 bits per heavy atom. The van der Waals surface area contributed by atoms with Crippen LogP contribution in [0.1, 0.15) is 6.92 Å². The van der Waals surface area contributed by atoms with Crippen molar-refractivity contribution in [2.24, 2.45) is 14.1 Å². The summed E-state index contributed by atoms with van der Waals surface area (Å²) in [6, 6.07) is 6.70. The van der Waals surface area contributed by atoms with Crippen LogP contribution < -0.4 is 31.4 Å². The summed E-state index contributed by atoms with van der Waals surface area (Å²) in [5.41, 5.74) is -0.852. The number of rotatable bonds is 5. The van der Waals surface area contributed by atoms with Crippen molar-refractivity contribution in [1.82, 2.24) is 14.1 Å². The number of hydrogen-bond donors (Lipinski definition) is 1. The molecule has 10 nitrogen and oxygen atoms in total. The summed E-state index contributed by atoms with van der Waals surface area (Å²) >= 11 is 0. The molecule has 1 aromatic carbocycles. The monoisotopic (exact) mass is 384 g/mol. The van der Waals surface area contributed by atoms with Gasteiger partial charge in [-0.3, -0.25) is 4.79 Å². The summed E-state index contributed by atoms with van der Waals surface area (Å²) in [7, 11) is 2.83. The van der Waals surface area contributed by atoms with Gasteiger partial charge in [0.1, 0.15) is 11.8 Å². The first-order valence-electron chi connectivity index (χ1n) is 8.41. The number of aromatic amines is 2. The van der Waals surface area contributed by atoms with Gasteiger partial charge in [-0.05, 0) is 25.1 Å². The Labute approximate surface area is 158 Å². The van der Waals surface area contributed by atoms with Gasteiger partial charge in [-0.15, -0.1) is 0 Å². The predicted octanol–water partition coefficient (Wildman–Crippen LogP) is -0.292. The minimum absolute atomic E-state index is 0.106. The van der Waals surface area contributed by atoms with Gasteiger partial charge in [0.2, 0.25) is 5.65 Å². The first-order valence-corrected chi connectivity index (χ1v) is 8.41. The Bertz CT molecular complexity index is 1280. The Morgan fingerprint density at radius 1 is 1.14 bits per heavy atom. The number of nitrogens with zero attached hydrogens (tertiary/aromatic N) is 3. The van der Waals surface area contributed by atoms with E-state index >= 15 is 0 Å². The van der Waals surface area contributed by atoms with Gasteiger partial charge in [-0.25, -0.2) is 28.7 Å². The molecule has 0 aliphatic heterocycles. The normalized spacial score (nSPS) is 10.6. The summed E-state index contributed by atoms with van der Waals surface area (Å²) in [6.07, 6.45) is 0. The van der Waals surface area contributed by atoms with Crippen LogP contribution in [0.25, 0.3) is 22.3 Å². The Balaban J connectivity index is 2.34. The highest BCUT2D eigenvalue weighted by molar-refractivity contribution is 5.88. The number of H-pyrrole nitrogens is 2. The molecule has 0 atom stereocenters. The Morgan fingerprint density at radius 3 is 2.57 bits per heavy atom. The minimum atomic E-state index is -0.575. The third-order valence-corrected chi connectivity index (χ3v) is 4.21. The van der Waals surface area contributed by atoms with Crippen molar-refractivity contribution in [3.8, 4) is 28.8 Å². The zero-order valence-corrected chi connectivity index (χ0v) is 15.5. The van der Waals surface area contributed by atoms with Gasteiger partial charge in [-0.2, -0.15) is 5.26 Å². The number of aromatic nitrogens is 4. The van der Waals surface area contributed by atoms with E-state index in [0.717, 1.165) is 4.57 Å². The van der Waals surface area contributed by atoms with Gasteiger partial charge in [0, 0.05) is 12.6 Å². The fraction of sp³-hybridized carbons (Fsp3) is 0.278. The summed E-state index contributed by atoms with van der Waals surface area (Å²) in [4.78, 5) is 42.2. The summed E-state index contributed by atoms with van der Waals surface area (Å²) < 4.78 is 13.1. The number of aryl methyl sites for hydroxylation is 1. The van der Waals surface area contributed by atoms with E-state index in [1.54, 1.807) is 25.1 Å². The molecular weight excluding hydrogens is 366 g/mol. The van der Waals surface area contributed by atoms with Crippen molar-refractivity contribution >= 4 is 11.0 Å². The molecule has 0 spiro atoms. The highest BCUT2D eigenvalue weighted by atomic mass is 16.5. The number of fused-ring (bicyclic) bond motifs is 1. The first kappa shape index (κ1) is 18.9. The molecule has 10 heteroatoms. The summed E-state index contributed by atoms with van der Waals surface area (Å²) in [6.45, 7) is 1.99. The van der Waals surface area contributed by atoms with E-state index < -0.39 is 16.9 Å². The van der Waals surface area contributed by atoms with Crippen LogP contribution in [0.4, 0.5) is 0 Å². The van der Waals surface area contributed by atoms with Gasteiger partial charge in [0.25, 0.3) is 5.56 Å². The molecule has 0 fully saturated rings. The highest BCUT2D eigenvalue weighted by Crippen LogP contribution is 2.33. The molecule has 0 saturated carbocycles. The van der Waals surface area contributed by atoms with Crippen LogP contribution >= 0.6 is 0 Å². The summed E-state index contributed by atoms with van der Waals surface area (Å²) in [5.74, 6) is 0.723. The maximum absolute atomic E-state index is 12.7.